The summed E-state index contributed by atoms with van der Waals surface area (Å²) in [6.07, 6.45) is 0. The van der Waals surface area contributed by atoms with E-state index in [0.29, 0.717) is 0 Å². The van der Waals surface area contributed by atoms with Gasteiger partial charge >= 0.3 is 8.53 Å². The van der Waals surface area contributed by atoms with E-state index < -0.39 is 8.53 Å². The molecule has 0 bridgehead atoms. The van der Waals surface area contributed by atoms with Crippen LogP contribution in [-0.4, -0.2) is 18.8 Å². The minimum atomic E-state index is -1.40. The number of hydrogen-bond acceptors (Lipinski definition) is 5. The lowest BCUT2D eigenvalue weighted by Crippen LogP contribution is -2.22. The number of hydrogen-bond donors (Lipinski definition) is 0. The summed E-state index contributed by atoms with van der Waals surface area (Å²) in [5, 5.41) is 0. The fourth-order valence-corrected chi connectivity index (χ4v) is 6.27. The van der Waals surface area contributed by atoms with Crippen LogP contribution in [0.25, 0.3) is 0 Å². The molecule has 3 atom stereocenters. The fourth-order valence-electron chi connectivity index (χ4n) is 5.25. The quantitative estimate of drug-likeness (QED) is 0.273. The number of para-hydroxylation sites is 2. The highest BCUT2D eigenvalue weighted by Crippen LogP contribution is 2.63. The van der Waals surface area contributed by atoms with Crippen molar-refractivity contribution in [1.82, 2.24) is 4.67 Å². The molecule has 4 aromatic carbocycles. The number of rotatable bonds is 1. The number of nitrogens with zero attached hydrogens (tertiary/aromatic N) is 1. The largest absolute Gasteiger partial charge is 0.457 e. The van der Waals surface area contributed by atoms with Crippen LogP contribution >= 0.6 is 8.53 Å². The molecule has 7 rings (SSSR count). The van der Waals surface area contributed by atoms with E-state index in [9.17, 15) is 0 Å². The third-order valence-electron chi connectivity index (χ3n) is 6.64. The van der Waals surface area contributed by atoms with Crippen molar-refractivity contribution in [2.24, 2.45) is 0 Å². The second-order valence-corrected chi connectivity index (χ2v) is 10.5. The molecular formula is C28H22NO4P. The van der Waals surface area contributed by atoms with Gasteiger partial charge in [0.25, 0.3) is 0 Å². The first-order valence-electron chi connectivity index (χ1n) is 11.3. The lowest BCUT2D eigenvalue weighted by Gasteiger charge is -2.38. The van der Waals surface area contributed by atoms with Crippen molar-refractivity contribution in [3.8, 4) is 34.5 Å². The van der Waals surface area contributed by atoms with Gasteiger partial charge in [0.2, 0.25) is 0 Å². The fraction of sp³-hybridized carbons (Fsp3) is 0.143. The lowest BCUT2D eigenvalue weighted by atomic mass is 9.70. The summed E-state index contributed by atoms with van der Waals surface area (Å²) in [4.78, 5) is 0. The molecule has 0 N–H and O–H groups in total. The van der Waals surface area contributed by atoms with Gasteiger partial charge in [-0.3, -0.25) is 0 Å². The van der Waals surface area contributed by atoms with Gasteiger partial charge in [0, 0.05) is 34.1 Å². The highest BCUT2D eigenvalue weighted by Gasteiger charge is 2.44. The van der Waals surface area contributed by atoms with Gasteiger partial charge < -0.3 is 18.5 Å². The molecular weight excluding hydrogens is 445 g/mol. The van der Waals surface area contributed by atoms with Crippen molar-refractivity contribution >= 4 is 8.53 Å². The van der Waals surface area contributed by atoms with Crippen LogP contribution < -0.4 is 18.5 Å². The summed E-state index contributed by atoms with van der Waals surface area (Å²) in [7, 11) is 2.54. The smallest absolute Gasteiger partial charge is 0.384 e. The Morgan fingerprint density at radius 1 is 0.529 bits per heavy atom. The second-order valence-electron chi connectivity index (χ2n) is 8.84. The Labute approximate surface area is 199 Å². The number of fused-ring (bicyclic) bond motifs is 5. The molecule has 0 aliphatic carbocycles. The summed E-state index contributed by atoms with van der Waals surface area (Å²) in [6, 6.07) is 28.7. The predicted molar refractivity (Wildman–Crippen MR) is 131 cm³/mol. The molecule has 4 aromatic rings. The highest BCUT2D eigenvalue weighted by atomic mass is 31.2. The van der Waals surface area contributed by atoms with Crippen molar-refractivity contribution in [2.45, 2.75) is 11.8 Å². The van der Waals surface area contributed by atoms with Crippen molar-refractivity contribution in [3.05, 3.63) is 107 Å². The van der Waals surface area contributed by atoms with E-state index in [1.807, 2.05) is 79.4 Å². The Morgan fingerprint density at radius 3 is 1.41 bits per heavy atom. The summed E-state index contributed by atoms with van der Waals surface area (Å²) < 4.78 is 28.0. The van der Waals surface area contributed by atoms with Crippen molar-refractivity contribution < 1.29 is 18.5 Å². The van der Waals surface area contributed by atoms with E-state index in [1.54, 1.807) is 0 Å². The highest BCUT2D eigenvalue weighted by molar-refractivity contribution is 7.45. The Morgan fingerprint density at radius 2 is 0.941 bits per heavy atom. The maximum Gasteiger partial charge on any atom is 0.384 e. The van der Waals surface area contributed by atoms with Gasteiger partial charge in [-0.25, -0.2) is 4.67 Å². The van der Waals surface area contributed by atoms with E-state index in [4.69, 9.17) is 18.5 Å². The molecule has 0 saturated carbocycles. The van der Waals surface area contributed by atoms with Gasteiger partial charge in [0.1, 0.15) is 34.5 Å². The minimum absolute atomic E-state index is 0.0400. The van der Waals surface area contributed by atoms with Crippen LogP contribution in [-0.2, 0) is 0 Å². The first kappa shape index (κ1) is 19.9. The van der Waals surface area contributed by atoms with Gasteiger partial charge in [0.15, 0.2) is 0 Å². The molecule has 1 unspecified atom stereocenters. The van der Waals surface area contributed by atoms with Crippen molar-refractivity contribution in [1.29, 1.82) is 0 Å². The Hall–Kier alpha value is -3.53. The zero-order valence-corrected chi connectivity index (χ0v) is 19.7. The first-order chi connectivity index (χ1) is 16.7. The molecule has 5 nitrogen and oxygen atoms in total. The molecule has 3 heterocycles. The lowest BCUT2D eigenvalue weighted by molar-refractivity contribution is 0.408. The molecule has 0 radical (unpaired) electrons. The standard InChI is InChI=1S/C28H22NO4P/c1-29(2)34-32-23-15-7-13-21-27(23)25(17-9-3-5-11-19(17)30-21)26-18-10-4-6-12-20(18)31-22-14-8-16-24(33-34)28(22)26/h3-16,25-26H,1-2H3/t25-,26+,34?. The SMILES string of the molecule is CN(C)P1Oc2cccc3c2[C@@H](c2ccccc2O3)[C@H]2c3ccccc3Oc3cccc(c32)O1. The van der Waals surface area contributed by atoms with Crippen LogP contribution in [0.3, 0.4) is 0 Å². The zero-order chi connectivity index (χ0) is 22.8. The van der Waals surface area contributed by atoms with Crippen molar-refractivity contribution in [3.63, 3.8) is 0 Å². The molecule has 0 aromatic heterocycles. The molecule has 0 amide bonds. The van der Waals surface area contributed by atoms with Gasteiger partial charge in [-0.05, 0) is 50.5 Å². The molecule has 3 aliphatic rings. The molecule has 0 fully saturated rings. The van der Waals surface area contributed by atoms with E-state index >= 15 is 0 Å². The summed E-state index contributed by atoms with van der Waals surface area (Å²) in [6.45, 7) is 0. The minimum Gasteiger partial charge on any atom is -0.457 e. The molecule has 0 spiro atoms. The van der Waals surface area contributed by atoms with E-state index in [0.717, 1.165) is 56.8 Å². The van der Waals surface area contributed by atoms with Crippen molar-refractivity contribution in [2.75, 3.05) is 14.1 Å². The molecule has 168 valence electrons. The monoisotopic (exact) mass is 467 g/mol. The summed E-state index contributed by atoms with van der Waals surface area (Å²) in [5.41, 5.74) is 4.35. The van der Waals surface area contributed by atoms with E-state index in [1.165, 1.54) is 0 Å². The Balaban J connectivity index is 1.60. The third-order valence-corrected chi connectivity index (χ3v) is 7.99. The molecule has 3 aliphatic heterocycles. The Kier molecular flexibility index (Phi) is 4.38. The zero-order valence-electron chi connectivity index (χ0n) is 18.8. The predicted octanol–water partition coefficient (Wildman–Crippen LogP) is 7.42. The van der Waals surface area contributed by atoms with Gasteiger partial charge in [-0.1, -0.05) is 48.5 Å². The van der Waals surface area contributed by atoms with E-state index in [2.05, 4.69) is 24.3 Å². The summed E-state index contributed by atoms with van der Waals surface area (Å²) in [5.74, 6) is 4.87. The average molecular weight is 467 g/mol. The number of ether oxygens (including phenoxy) is 2. The van der Waals surface area contributed by atoms with Crippen LogP contribution in [0.2, 0.25) is 0 Å². The molecule has 34 heavy (non-hydrogen) atoms. The summed E-state index contributed by atoms with van der Waals surface area (Å²) >= 11 is 0. The maximum absolute atomic E-state index is 6.59. The Bertz CT molecular complexity index is 1330. The van der Waals surface area contributed by atoms with Gasteiger partial charge in [-0.15, -0.1) is 0 Å². The average Bonchev–Trinajstić information content (AvgIpc) is 2.92. The van der Waals surface area contributed by atoms with Gasteiger partial charge in [-0.2, -0.15) is 0 Å². The normalized spacial score (nSPS) is 21.0. The van der Waals surface area contributed by atoms with E-state index in [-0.39, 0.29) is 11.8 Å². The van der Waals surface area contributed by atoms with Crippen LogP contribution in [0.4, 0.5) is 0 Å². The van der Waals surface area contributed by atoms with Crippen LogP contribution in [0.1, 0.15) is 34.1 Å². The topological polar surface area (TPSA) is 40.2 Å². The van der Waals surface area contributed by atoms with Crippen LogP contribution in [0.15, 0.2) is 84.9 Å². The maximum atomic E-state index is 6.59. The van der Waals surface area contributed by atoms with Crippen LogP contribution in [0.5, 0.6) is 34.5 Å². The third kappa shape index (κ3) is 2.87. The van der Waals surface area contributed by atoms with Crippen LogP contribution in [0, 0.1) is 0 Å². The number of benzene rings is 4. The second kappa shape index (κ2) is 7.49. The van der Waals surface area contributed by atoms with Gasteiger partial charge in [0.05, 0.1) is 0 Å². The molecule has 6 heteroatoms. The first-order valence-corrected chi connectivity index (χ1v) is 12.4. The molecule has 0 saturated heterocycles.